The number of hydrogen-bond acceptors (Lipinski definition) is 3. The number of halogens is 1. The van der Waals surface area contributed by atoms with Crippen LogP contribution in [0, 0.1) is 5.82 Å². The third-order valence-corrected chi connectivity index (χ3v) is 7.03. The molecule has 4 aromatic carbocycles. The van der Waals surface area contributed by atoms with Gasteiger partial charge in [0.15, 0.2) is 0 Å². The molecule has 0 aliphatic rings. The van der Waals surface area contributed by atoms with Gasteiger partial charge in [0.25, 0.3) is 11.5 Å². The van der Waals surface area contributed by atoms with E-state index in [1.54, 1.807) is 33.7 Å². The normalized spacial score (nSPS) is 11.9. The van der Waals surface area contributed by atoms with Gasteiger partial charge < -0.3 is 4.90 Å². The lowest BCUT2D eigenvalue weighted by Crippen LogP contribution is -2.38. The highest BCUT2D eigenvalue weighted by Gasteiger charge is 2.31. The maximum Gasteiger partial charge on any atom is 0.266 e. The molecule has 0 saturated carbocycles. The highest BCUT2D eigenvalue weighted by atomic mass is 19.1. The molecule has 1 amide bonds. The molecule has 196 valence electrons. The van der Waals surface area contributed by atoms with Crippen LogP contribution in [-0.2, 0) is 13.0 Å². The van der Waals surface area contributed by atoms with Crippen molar-refractivity contribution in [2.45, 2.75) is 39.3 Å². The molecule has 6 heteroatoms. The first-order chi connectivity index (χ1) is 19.0. The summed E-state index contributed by atoms with van der Waals surface area (Å²) in [6, 6.07) is 30.0. The minimum atomic E-state index is -0.611. The van der Waals surface area contributed by atoms with Gasteiger partial charge in [0.05, 0.1) is 28.2 Å². The highest BCUT2D eigenvalue weighted by molar-refractivity contribution is 5.94. The second-order valence-corrected chi connectivity index (χ2v) is 9.47. The summed E-state index contributed by atoms with van der Waals surface area (Å²) in [5.74, 6) is -0.611. The van der Waals surface area contributed by atoms with Crippen molar-refractivity contribution in [3.8, 4) is 5.69 Å². The Kier molecular flexibility index (Phi) is 7.64. The summed E-state index contributed by atoms with van der Waals surface area (Å²) in [6.07, 6.45) is 1.34. The lowest BCUT2D eigenvalue weighted by molar-refractivity contribution is 0.0636. The van der Waals surface area contributed by atoms with Gasteiger partial charge in [-0.3, -0.25) is 14.2 Å². The van der Waals surface area contributed by atoms with Crippen LogP contribution in [-0.4, -0.2) is 20.4 Å². The zero-order valence-electron chi connectivity index (χ0n) is 22.0. The zero-order valence-corrected chi connectivity index (χ0v) is 22.0. The number of nitrogens with zero attached hydrogens (tertiary/aromatic N) is 3. The topological polar surface area (TPSA) is 55.2 Å². The summed E-state index contributed by atoms with van der Waals surface area (Å²) in [5, 5.41) is 0.491. The van der Waals surface area contributed by atoms with Crippen molar-refractivity contribution in [3.63, 3.8) is 0 Å². The van der Waals surface area contributed by atoms with Crippen molar-refractivity contribution in [1.29, 1.82) is 0 Å². The van der Waals surface area contributed by atoms with Crippen LogP contribution in [0.25, 0.3) is 16.6 Å². The van der Waals surface area contributed by atoms with Crippen LogP contribution < -0.4 is 5.56 Å². The number of carbonyl (C=O) groups is 1. The van der Waals surface area contributed by atoms with Crippen LogP contribution in [0.5, 0.6) is 0 Å². The Hall–Kier alpha value is -4.58. The highest BCUT2D eigenvalue weighted by Crippen LogP contribution is 2.29. The van der Waals surface area contributed by atoms with Crippen molar-refractivity contribution >= 4 is 16.8 Å². The van der Waals surface area contributed by atoms with Gasteiger partial charge in [-0.25, -0.2) is 9.37 Å². The van der Waals surface area contributed by atoms with Crippen LogP contribution in [0.4, 0.5) is 4.39 Å². The number of amides is 1. The standard InChI is InChI=1S/C33H30FN3O2/c1-3-23-18-20-25(21-19-23)37-31(35-29-17-11-9-15-27(29)33(37)39)30(4-2)36(22-24-12-6-5-7-13-24)32(38)26-14-8-10-16-28(26)34/h5-21,30H,3-4,22H2,1-2H3. The fourth-order valence-corrected chi connectivity index (χ4v) is 4.94. The molecule has 0 radical (unpaired) electrons. The summed E-state index contributed by atoms with van der Waals surface area (Å²) in [6.45, 7) is 4.25. The molecule has 0 saturated heterocycles. The number of fused-ring (bicyclic) bond motifs is 1. The van der Waals surface area contributed by atoms with Gasteiger partial charge in [-0.15, -0.1) is 0 Å². The Labute approximate surface area is 227 Å². The van der Waals surface area contributed by atoms with Crippen molar-refractivity contribution in [2.24, 2.45) is 0 Å². The molecule has 0 bridgehead atoms. The van der Waals surface area contributed by atoms with E-state index in [9.17, 15) is 14.0 Å². The van der Waals surface area contributed by atoms with Gasteiger partial charge in [0.2, 0.25) is 0 Å². The molecule has 1 aromatic heterocycles. The SMILES string of the molecule is CCc1ccc(-n2c(C(CC)N(Cc3ccccc3)C(=O)c3ccccc3F)nc3ccccc3c2=O)cc1. The molecular weight excluding hydrogens is 489 g/mol. The molecule has 0 fully saturated rings. The average Bonchev–Trinajstić information content (AvgIpc) is 2.98. The molecule has 1 unspecified atom stereocenters. The predicted octanol–water partition coefficient (Wildman–Crippen LogP) is 6.88. The summed E-state index contributed by atoms with van der Waals surface area (Å²) < 4.78 is 16.5. The predicted molar refractivity (Wildman–Crippen MR) is 152 cm³/mol. The van der Waals surface area contributed by atoms with Gasteiger partial charge in [-0.05, 0) is 60.4 Å². The lowest BCUT2D eigenvalue weighted by Gasteiger charge is -2.32. The van der Waals surface area contributed by atoms with E-state index in [1.807, 2.05) is 73.7 Å². The van der Waals surface area contributed by atoms with Gasteiger partial charge in [-0.1, -0.05) is 80.6 Å². The Morgan fingerprint density at radius 2 is 1.51 bits per heavy atom. The van der Waals surface area contributed by atoms with Crippen LogP contribution >= 0.6 is 0 Å². The Morgan fingerprint density at radius 3 is 2.21 bits per heavy atom. The Balaban J connectivity index is 1.74. The second-order valence-electron chi connectivity index (χ2n) is 9.47. The van der Waals surface area contributed by atoms with Crippen LogP contribution in [0.3, 0.4) is 0 Å². The van der Waals surface area contributed by atoms with E-state index in [4.69, 9.17) is 4.98 Å². The first-order valence-electron chi connectivity index (χ1n) is 13.2. The van der Waals surface area contributed by atoms with Crippen molar-refractivity contribution in [1.82, 2.24) is 14.5 Å². The minimum Gasteiger partial charge on any atom is -0.324 e. The fraction of sp³-hybridized carbons (Fsp3) is 0.182. The molecule has 0 spiro atoms. The van der Waals surface area contributed by atoms with Gasteiger partial charge in [0, 0.05) is 6.54 Å². The summed E-state index contributed by atoms with van der Waals surface area (Å²) in [5.41, 5.74) is 3.03. The van der Waals surface area contributed by atoms with Crippen LogP contribution in [0.1, 0.15) is 53.6 Å². The first-order valence-corrected chi connectivity index (χ1v) is 13.2. The van der Waals surface area contributed by atoms with Gasteiger partial charge in [-0.2, -0.15) is 0 Å². The van der Waals surface area contributed by atoms with E-state index in [-0.39, 0.29) is 17.7 Å². The van der Waals surface area contributed by atoms with E-state index in [2.05, 4.69) is 6.92 Å². The number of para-hydroxylation sites is 1. The van der Waals surface area contributed by atoms with Crippen molar-refractivity contribution < 1.29 is 9.18 Å². The zero-order chi connectivity index (χ0) is 27.4. The molecule has 1 atom stereocenters. The van der Waals surface area contributed by atoms with E-state index in [1.165, 1.54) is 12.1 Å². The summed E-state index contributed by atoms with van der Waals surface area (Å²) >= 11 is 0. The quantitative estimate of drug-likeness (QED) is 0.225. The lowest BCUT2D eigenvalue weighted by atomic mass is 10.1. The number of benzene rings is 4. The summed E-state index contributed by atoms with van der Waals surface area (Å²) in [4.78, 5) is 34.5. The molecule has 5 rings (SSSR count). The first kappa shape index (κ1) is 26.0. The molecule has 0 N–H and O–H groups in total. The van der Waals surface area contributed by atoms with E-state index >= 15 is 0 Å². The molecule has 0 aliphatic heterocycles. The number of rotatable bonds is 8. The van der Waals surface area contributed by atoms with Crippen LogP contribution in [0.15, 0.2) is 108 Å². The number of hydrogen-bond donors (Lipinski definition) is 0. The Bertz CT molecular complexity index is 1660. The molecule has 1 heterocycles. The Morgan fingerprint density at radius 1 is 0.846 bits per heavy atom. The molecule has 0 aliphatic carbocycles. The third kappa shape index (κ3) is 5.23. The number of aromatic nitrogens is 2. The molecule has 5 aromatic rings. The fourth-order valence-electron chi connectivity index (χ4n) is 4.94. The number of carbonyl (C=O) groups excluding carboxylic acids is 1. The maximum atomic E-state index is 14.9. The smallest absolute Gasteiger partial charge is 0.266 e. The van der Waals surface area contributed by atoms with E-state index in [0.29, 0.717) is 28.8 Å². The van der Waals surface area contributed by atoms with E-state index in [0.717, 1.165) is 17.5 Å². The van der Waals surface area contributed by atoms with Crippen molar-refractivity contribution in [3.05, 3.63) is 142 Å². The van der Waals surface area contributed by atoms with Crippen LogP contribution in [0.2, 0.25) is 0 Å². The monoisotopic (exact) mass is 519 g/mol. The largest absolute Gasteiger partial charge is 0.324 e. The van der Waals surface area contributed by atoms with E-state index < -0.39 is 17.8 Å². The van der Waals surface area contributed by atoms with Gasteiger partial charge in [0.1, 0.15) is 11.6 Å². The average molecular weight is 520 g/mol. The third-order valence-electron chi connectivity index (χ3n) is 7.03. The van der Waals surface area contributed by atoms with Crippen molar-refractivity contribution in [2.75, 3.05) is 0 Å². The summed E-state index contributed by atoms with van der Waals surface area (Å²) in [7, 11) is 0. The second kappa shape index (κ2) is 11.4. The maximum absolute atomic E-state index is 14.9. The number of aryl methyl sites for hydroxylation is 1. The molecule has 5 nitrogen and oxygen atoms in total. The molecular formula is C33H30FN3O2. The van der Waals surface area contributed by atoms with Gasteiger partial charge >= 0.3 is 0 Å². The molecule has 39 heavy (non-hydrogen) atoms. The minimum absolute atomic E-state index is 0.0196.